The molecule has 1 N–H and O–H groups in total. The standard InChI is InChI=1S/C21H25NO4/c1-2-14-24-17-10-4-3-8-16(17)9-7-13-22-21(23)20-15-25-18-11-5-6-12-19(18)26-20/h3-6,8,10-12,20H,2,7,9,13-15H2,1H3,(H,22,23)/t20-/m1/s1. The summed E-state index contributed by atoms with van der Waals surface area (Å²) in [5, 5.41) is 2.93. The van der Waals surface area contributed by atoms with Crippen molar-refractivity contribution in [2.45, 2.75) is 32.3 Å². The fourth-order valence-corrected chi connectivity index (χ4v) is 2.82. The molecule has 0 bridgehead atoms. The smallest absolute Gasteiger partial charge is 0.264 e. The Labute approximate surface area is 154 Å². The van der Waals surface area contributed by atoms with E-state index in [2.05, 4.69) is 18.3 Å². The summed E-state index contributed by atoms with van der Waals surface area (Å²) in [6, 6.07) is 15.4. The zero-order valence-corrected chi connectivity index (χ0v) is 15.1. The fraction of sp³-hybridized carbons (Fsp3) is 0.381. The summed E-state index contributed by atoms with van der Waals surface area (Å²) in [5.74, 6) is 2.08. The van der Waals surface area contributed by atoms with Crippen LogP contribution in [0, 0.1) is 0 Å². The van der Waals surface area contributed by atoms with E-state index < -0.39 is 6.10 Å². The molecular weight excluding hydrogens is 330 g/mol. The average Bonchev–Trinajstić information content (AvgIpc) is 2.69. The molecule has 1 heterocycles. The average molecular weight is 355 g/mol. The molecule has 5 nitrogen and oxygen atoms in total. The van der Waals surface area contributed by atoms with Gasteiger partial charge in [0.1, 0.15) is 12.4 Å². The first-order valence-corrected chi connectivity index (χ1v) is 9.15. The lowest BCUT2D eigenvalue weighted by Gasteiger charge is -2.25. The van der Waals surface area contributed by atoms with Gasteiger partial charge < -0.3 is 19.5 Å². The van der Waals surface area contributed by atoms with Gasteiger partial charge in [-0.05, 0) is 43.0 Å². The number of amides is 1. The topological polar surface area (TPSA) is 56.8 Å². The van der Waals surface area contributed by atoms with Crippen LogP contribution in [0.5, 0.6) is 17.2 Å². The third-order valence-corrected chi connectivity index (χ3v) is 4.16. The predicted octanol–water partition coefficient (Wildman–Crippen LogP) is 3.36. The Bertz CT molecular complexity index is 731. The SMILES string of the molecule is CCCOc1ccccc1CCCNC(=O)[C@H]1COc2ccccc2O1. The van der Waals surface area contributed by atoms with Crippen LogP contribution in [0.2, 0.25) is 0 Å². The number of hydrogen-bond donors (Lipinski definition) is 1. The van der Waals surface area contributed by atoms with Gasteiger partial charge in [-0.3, -0.25) is 4.79 Å². The molecule has 1 aliphatic heterocycles. The van der Waals surface area contributed by atoms with E-state index >= 15 is 0 Å². The van der Waals surface area contributed by atoms with Crippen LogP contribution in [-0.4, -0.2) is 31.8 Å². The van der Waals surface area contributed by atoms with Crippen molar-refractivity contribution in [3.63, 3.8) is 0 Å². The minimum atomic E-state index is -0.606. The number of hydrogen-bond acceptors (Lipinski definition) is 4. The number of para-hydroxylation sites is 3. The molecule has 0 unspecified atom stereocenters. The monoisotopic (exact) mass is 355 g/mol. The predicted molar refractivity (Wildman–Crippen MR) is 99.9 cm³/mol. The molecule has 138 valence electrons. The van der Waals surface area contributed by atoms with Crippen molar-refractivity contribution >= 4 is 5.91 Å². The van der Waals surface area contributed by atoms with Gasteiger partial charge in [-0.1, -0.05) is 37.3 Å². The summed E-state index contributed by atoms with van der Waals surface area (Å²) in [5.41, 5.74) is 1.17. The Hall–Kier alpha value is -2.69. The van der Waals surface area contributed by atoms with E-state index in [4.69, 9.17) is 14.2 Å². The molecule has 0 saturated carbocycles. The van der Waals surface area contributed by atoms with Gasteiger partial charge >= 0.3 is 0 Å². The van der Waals surface area contributed by atoms with Gasteiger partial charge in [0.15, 0.2) is 11.5 Å². The van der Waals surface area contributed by atoms with Crippen LogP contribution < -0.4 is 19.5 Å². The van der Waals surface area contributed by atoms with E-state index in [-0.39, 0.29) is 12.5 Å². The van der Waals surface area contributed by atoms with Crippen molar-refractivity contribution in [2.75, 3.05) is 19.8 Å². The fourth-order valence-electron chi connectivity index (χ4n) is 2.82. The van der Waals surface area contributed by atoms with Crippen molar-refractivity contribution in [3.8, 4) is 17.2 Å². The first kappa shape index (κ1) is 18.1. The van der Waals surface area contributed by atoms with Gasteiger partial charge in [0.25, 0.3) is 5.91 Å². The number of carbonyl (C=O) groups excluding carboxylic acids is 1. The summed E-state index contributed by atoms with van der Waals surface area (Å²) >= 11 is 0. The van der Waals surface area contributed by atoms with Gasteiger partial charge in [-0.2, -0.15) is 0 Å². The molecule has 0 spiro atoms. The number of carbonyl (C=O) groups is 1. The van der Waals surface area contributed by atoms with Crippen LogP contribution in [0.25, 0.3) is 0 Å². The lowest BCUT2D eigenvalue weighted by molar-refractivity contribution is -0.130. The summed E-state index contributed by atoms with van der Waals surface area (Å²) in [4.78, 5) is 12.3. The minimum absolute atomic E-state index is 0.143. The molecule has 1 atom stereocenters. The quantitative estimate of drug-likeness (QED) is 0.738. The molecule has 0 aromatic heterocycles. The second kappa shape index (κ2) is 9.13. The van der Waals surface area contributed by atoms with Crippen LogP contribution in [0.15, 0.2) is 48.5 Å². The molecular formula is C21H25NO4. The summed E-state index contributed by atoms with van der Waals surface area (Å²) in [7, 11) is 0. The Morgan fingerprint density at radius 1 is 1.15 bits per heavy atom. The van der Waals surface area contributed by atoms with Gasteiger partial charge in [0.2, 0.25) is 6.10 Å². The summed E-state index contributed by atoms with van der Waals surface area (Å²) < 4.78 is 17.1. The molecule has 1 aliphatic rings. The molecule has 5 heteroatoms. The maximum absolute atomic E-state index is 12.3. The highest BCUT2D eigenvalue weighted by molar-refractivity contribution is 5.81. The molecule has 0 radical (unpaired) electrons. The Morgan fingerprint density at radius 2 is 1.92 bits per heavy atom. The molecule has 1 amide bonds. The van der Waals surface area contributed by atoms with Crippen molar-refractivity contribution in [1.82, 2.24) is 5.32 Å². The van der Waals surface area contributed by atoms with Crippen LogP contribution in [-0.2, 0) is 11.2 Å². The van der Waals surface area contributed by atoms with Gasteiger partial charge in [0, 0.05) is 6.54 Å². The van der Waals surface area contributed by atoms with E-state index in [1.807, 2.05) is 42.5 Å². The first-order chi connectivity index (χ1) is 12.8. The highest BCUT2D eigenvalue weighted by Crippen LogP contribution is 2.30. The zero-order chi connectivity index (χ0) is 18.2. The molecule has 2 aromatic rings. The van der Waals surface area contributed by atoms with Gasteiger partial charge in [-0.15, -0.1) is 0 Å². The number of rotatable bonds is 8. The number of ether oxygens (including phenoxy) is 3. The van der Waals surface area contributed by atoms with Gasteiger partial charge in [-0.25, -0.2) is 0 Å². The normalized spacial score (nSPS) is 15.3. The molecule has 0 fully saturated rings. The number of benzene rings is 2. The van der Waals surface area contributed by atoms with Crippen molar-refractivity contribution in [2.24, 2.45) is 0 Å². The second-order valence-corrected chi connectivity index (χ2v) is 6.21. The van der Waals surface area contributed by atoms with E-state index in [0.29, 0.717) is 24.7 Å². The highest BCUT2D eigenvalue weighted by Gasteiger charge is 2.26. The molecule has 26 heavy (non-hydrogen) atoms. The second-order valence-electron chi connectivity index (χ2n) is 6.21. The van der Waals surface area contributed by atoms with Crippen LogP contribution >= 0.6 is 0 Å². The largest absolute Gasteiger partial charge is 0.493 e. The van der Waals surface area contributed by atoms with Crippen molar-refractivity contribution in [3.05, 3.63) is 54.1 Å². The van der Waals surface area contributed by atoms with Crippen LogP contribution in [0.1, 0.15) is 25.3 Å². The lowest BCUT2D eigenvalue weighted by atomic mass is 10.1. The molecule has 2 aromatic carbocycles. The summed E-state index contributed by atoms with van der Waals surface area (Å²) in [6.45, 7) is 3.63. The van der Waals surface area contributed by atoms with Gasteiger partial charge in [0.05, 0.1) is 6.61 Å². The van der Waals surface area contributed by atoms with E-state index in [0.717, 1.165) is 25.0 Å². The highest BCUT2D eigenvalue weighted by atomic mass is 16.6. The maximum atomic E-state index is 12.3. The Morgan fingerprint density at radius 3 is 2.77 bits per heavy atom. The lowest BCUT2D eigenvalue weighted by Crippen LogP contribution is -2.44. The van der Waals surface area contributed by atoms with E-state index in [1.54, 1.807) is 0 Å². The Kier molecular flexibility index (Phi) is 6.36. The van der Waals surface area contributed by atoms with E-state index in [9.17, 15) is 4.79 Å². The Balaban J connectivity index is 1.44. The molecule has 0 saturated heterocycles. The van der Waals surface area contributed by atoms with E-state index in [1.165, 1.54) is 5.56 Å². The van der Waals surface area contributed by atoms with Crippen molar-refractivity contribution in [1.29, 1.82) is 0 Å². The zero-order valence-electron chi connectivity index (χ0n) is 15.1. The van der Waals surface area contributed by atoms with Crippen molar-refractivity contribution < 1.29 is 19.0 Å². The number of fused-ring (bicyclic) bond motifs is 1. The van der Waals surface area contributed by atoms with Crippen LogP contribution in [0.3, 0.4) is 0 Å². The number of aryl methyl sites for hydroxylation is 1. The maximum Gasteiger partial charge on any atom is 0.264 e. The summed E-state index contributed by atoms with van der Waals surface area (Å²) in [6.07, 6.45) is 2.06. The first-order valence-electron chi connectivity index (χ1n) is 9.15. The molecule has 0 aliphatic carbocycles. The van der Waals surface area contributed by atoms with Crippen LogP contribution in [0.4, 0.5) is 0 Å². The molecule has 3 rings (SSSR count). The minimum Gasteiger partial charge on any atom is -0.493 e. The third kappa shape index (κ3) is 4.69. The third-order valence-electron chi connectivity index (χ3n) is 4.16. The number of nitrogens with one attached hydrogen (secondary N) is 1.